The Kier molecular flexibility index (Phi) is 4.00. The number of nitrogens with zero attached hydrogens (tertiary/aromatic N) is 3. The maximum Gasteiger partial charge on any atom is 0.264 e. The van der Waals surface area contributed by atoms with E-state index in [2.05, 4.69) is 15.5 Å². The van der Waals surface area contributed by atoms with Gasteiger partial charge in [-0.1, -0.05) is 18.2 Å². The molecule has 1 fully saturated rings. The van der Waals surface area contributed by atoms with Crippen LogP contribution in [0.4, 0.5) is 0 Å². The number of amides is 1. The number of rotatable bonds is 5. The molecule has 1 unspecified atom stereocenters. The average Bonchev–Trinajstić information content (AvgIpc) is 3.34. The lowest BCUT2D eigenvalue weighted by molar-refractivity contribution is -0.122. The lowest BCUT2D eigenvalue weighted by Crippen LogP contribution is -2.34. The summed E-state index contributed by atoms with van der Waals surface area (Å²) in [6, 6.07) is 9.83. The molecule has 0 aliphatic carbocycles. The Morgan fingerprint density at radius 1 is 1.38 bits per heavy atom. The molecular weight excluding hydrogens is 308 g/mol. The Hall–Kier alpha value is -2.67. The summed E-state index contributed by atoms with van der Waals surface area (Å²) in [4.78, 5) is 12.4. The molecule has 0 radical (unpaired) electrons. The van der Waals surface area contributed by atoms with Crippen molar-refractivity contribution in [3.8, 4) is 11.6 Å². The molecule has 0 spiro atoms. The van der Waals surface area contributed by atoms with Crippen LogP contribution in [0.3, 0.4) is 0 Å². The molecule has 7 nitrogen and oxygen atoms in total. The highest BCUT2D eigenvalue weighted by atomic mass is 16.5. The predicted molar refractivity (Wildman–Crippen MR) is 87.2 cm³/mol. The normalized spacial score (nSPS) is 17.4. The maximum atomic E-state index is 12.4. The van der Waals surface area contributed by atoms with E-state index in [0.29, 0.717) is 12.4 Å². The summed E-state index contributed by atoms with van der Waals surface area (Å²) in [6.45, 7) is 1.52. The molecule has 0 saturated carbocycles. The number of ether oxygens (including phenoxy) is 1. The molecule has 3 aromatic rings. The van der Waals surface area contributed by atoms with Crippen molar-refractivity contribution in [3.63, 3.8) is 0 Å². The first-order valence-corrected chi connectivity index (χ1v) is 8.04. The number of nitrogens with one attached hydrogen (secondary N) is 1. The summed E-state index contributed by atoms with van der Waals surface area (Å²) in [5.74, 6) is 0.339. The van der Waals surface area contributed by atoms with Crippen molar-refractivity contribution in [1.82, 2.24) is 20.1 Å². The van der Waals surface area contributed by atoms with Crippen molar-refractivity contribution < 1.29 is 13.9 Å². The van der Waals surface area contributed by atoms with E-state index in [9.17, 15) is 4.79 Å². The Labute approximate surface area is 138 Å². The molecule has 1 aliphatic heterocycles. The summed E-state index contributed by atoms with van der Waals surface area (Å²) in [7, 11) is 0. The fraction of sp³-hybridized carbons (Fsp3) is 0.353. The molecule has 1 saturated heterocycles. The van der Waals surface area contributed by atoms with Crippen LogP contribution >= 0.6 is 0 Å². The highest BCUT2D eigenvalue weighted by Gasteiger charge is 2.19. The molecule has 1 aliphatic rings. The van der Waals surface area contributed by atoms with Gasteiger partial charge in [0, 0.05) is 24.1 Å². The molecule has 7 heteroatoms. The fourth-order valence-corrected chi connectivity index (χ4v) is 3.08. The summed E-state index contributed by atoms with van der Waals surface area (Å²) >= 11 is 0. The minimum Gasteiger partial charge on any atom is -0.422 e. The van der Waals surface area contributed by atoms with Gasteiger partial charge in [-0.05, 0) is 25.0 Å². The number of para-hydroxylation sites is 1. The number of carbonyl (C=O) groups is 1. The summed E-state index contributed by atoms with van der Waals surface area (Å²) in [5, 5.41) is 11.7. The van der Waals surface area contributed by atoms with E-state index in [4.69, 9.17) is 9.15 Å². The van der Waals surface area contributed by atoms with E-state index >= 15 is 0 Å². The van der Waals surface area contributed by atoms with Crippen LogP contribution in [0.25, 0.3) is 22.5 Å². The first-order valence-electron chi connectivity index (χ1n) is 8.04. The van der Waals surface area contributed by atoms with E-state index in [0.717, 1.165) is 36.0 Å². The van der Waals surface area contributed by atoms with Gasteiger partial charge in [-0.3, -0.25) is 4.79 Å². The highest BCUT2D eigenvalue weighted by Crippen LogP contribution is 2.26. The lowest BCUT2D eigenvalue weighted by Gasteiger charge is -2.12. The van der Waals surface area contributed by atoms with Crippen LogP contribution in [-0.4, -0.2) is 39.9 Å². The Bertz CT molecular complexity index is 835. The first kappa shape index (κ1) is 14.9. The van der Waals surface area contributed by atoms with Gasteiger partial charge in [0.1, 0.15) is 12.2 Å². The SMILES string of the molecule is O=C(Cn1c(-c2nnco2)cc2ccccc21)NCC1CCCO1. The zero-order chi connectivity index (χ0) is 16.4. The molecule has 1 aromatic carbocycles. The molecule has 24 heavy (non-hydrogen) atoms. The van der Waals surface area contributed by atoms with Gasteiger partial charge in [0.05, 0.1) is 6.10 Å². The van der Waals surface area contributed by atoms with Crippen molar-refractivity contribution in [2.45, 2.75) is 25.5 Å². The van der Waals surface area contributed by atoms with E-state index in [1.807, 2.05) is 34.9 Å². The molecule has 1 atom stereocenters. The monoisotopic (exact) mass is 326 g/mol. The molecule has 1 amide bonds. The van der Waals surface area contributed by atoms with Gasteiger partial charge < -0.3 is 19.0 Å². The second-order valence-electron chi connectivity index (χ2n) is 5.86. The van der Waals surface area contributed by atoms with Crippen molar-refractivity contribution in [2.75, 3.05) is 13.2 Å². The highest BCUT2D eigenvalue weighted by molar-refractivity contribution is 5.88. The first-order chi connectivity index (χ1) is 11.8. The third-order valence-electron chi connectivity index (χ3n) is 4.24. The van der Waals surface area contributed by atoms with Gasteiger partial charge in [0.2, 0.25) is 12.3 Å². The Balaban J connectivity index is 1.57. The van der Waals surface area contributed by atoms with Crippen LogP contribution in [-0.2, 0) is 16.1 Å². The van der Waals surface area contributed by atoms with Crippen LogP contribution < -0.4 is 5.32 Å². The fourth-order valence-electron chi connectivity index (χ4n) is 3.08. The minimum atomic E-state index is -0.0624. The molecule has 0 bridgehead atoms. The van der Waals surface area contributed by atoms with Crippen molar-refractivity contribution in [3.05, 3.63) is 36.7 Å². The van der Waals surface area contributed by atoms with Crippen LogP contribution in [0.5, 0.6) is 0 Å². The number of benzene rings is 1. The Morgan fingerprint density at radius 3 is 3.08 bits per heavy atom. The molecule has 3 heterocycles. The molecule has 124 valence electrons. The quantitative estimate of drug-likeness (QED) is 0.775. The van der Waals surface area contributed by atoms with E-state index in [1.165, 1.54) is 6.39 Å². The van der Waals surface area contributed by atoms with E-state index in [1.54, 1.807) is 0 Å². The second-order valence-corrected chi connectivity index (χ2v) is 5.86. The zero-order valence-electron chi connectivity index (χ0n) is 13.1. The lowest BCUT2D eigenvalue weighted by atomic mass is 10.2. The predicted octanol–water partition coefficient (Wildman–Crippen LogP) is 1.99. The summed E-state index contributed by atoms with van der Waals surface area (Å²) in [5.41, 5.74) is 1.69. The number of hydrogen-bond acceptors (Lipinski definition) is 5. The van der Waals surface area contributed by atoms with Gasteiger partial charge in [0.15, 0.2) is 0 Å². The van der Waals surface area contributed by atoms with Gasteiger partial charge in [-0.25, -0.2) is 0 Å². The molecule has 2 aromatic heterocycles. The average molecular weight is 326 g/mol. The van der Waals surface area contributed by atoms with Crippen LogP contribution in [0.2, 0.25) is 0 Å². The third kappa shape index (κ3) is 2.90. The van der Waals surface area contributed by atoms with Gasteiger partial charge in [0.25, 0.3) is 5.89 Å². The standard InChI is InChI=1S/C17H18N4O3/c22-16(18-9-13-5-3-7-23-13)10-21-14-6-2-1-4-12(14)8-15(21)17-20-19-11-24-17/h1-2,4,6,8,11,13H,3,5,7,9-10H2,(H,18,22). The smallest absolute Gasteiger partial charge is 0.264 e. The third-order valence-corrected chi connectivity index (χ3v) is 4.24. The number of hydrogen-bond donors (Lipinski definition) is 1. The number of carbonyl (C=O) groups excluding carboxylic acids is 1. The van der Waals surface area contributed by atoms with Gasteiger partial charge in [-0.15, -0.1) is 10.2 Å². The topological polar surface area (TPSA) is 82.2 Å². The van der Waals surface area contributed by atoms with E-state index < -0.39 is 0 Å². The van der Waals surface area contributed by atoms with Crippen molar-refractivity contribution in [1.29, 1.82) is 0 Å². The van der Waals surface area contributed by atoms with Gasteiger partial charge in [-0.2, -0.15) is 0 Å². The zero-order valence-corrected chi connectivity index (χ0v) is 13.1. The van der Waals surface area contributed by atoms with Crippen LogP contribution in [0.15, 0.2) is 41.1 Å². The molecule has 4 rings (SSSR count). The minimum absolute atomic E-state index is 0.0624. The summed E-state index contributed by atoms with van der Waals surface area (Å²) in [6.07, 6.45) is 3.48. The second kappa shape index (κ2) is 6.45. The number of fused-ring (bicyclic) bond motifs is 1. The largest absolute Gasteiger partial charge is 0.422 e. The summed E-state index contributed by atoms with van der Waals surface area (Å²) < 4.78 is 12.8. The van der Waals surface area contributed by atoms with Crippen molar-refractivity contribution >= 4 is 16.8 Å². The Morgan fingerprint density at radius 2 is 2.29 bits per heavy atom. The van der Waals surface area contributed by atoms with Gasteiger partial charge >= 0.3 is 0 Å². The molecule has 1 N–H and O–H groups in total. The van der Waals surface area contributed by atoms with Crippen LogP contribution in [0, 0.1) is 0 Å². The van der Waals surface area contributed by atoms with Crippen LogP contribution in [0.1, 0.15) is 12.8 Å². The number of aromatic nitrogens is 3. The van der Waals surface area contributed by atoms with E-state index in [-0.39, 0.29) is 18.6 Å². The maximum absolute atomic E-state index is 12.4. The molecular formula is C17H18N4O3. The van der Waals surface area contributed by atoms with Crippen molar-refractivity contribution in [2.24, 2.45) is 0 Å².